The zero-order valence-corrected chi connectivity index (χ0v) is 14.1. The van der Waals surface area contributed by atoms with Crippen LogP contribution in [0.4, 0.5) is 4.79 Å². The van der Waals surface area contributed by atoms with Crippen molar-refractivity contribution in [2.24, 2.45) is 0 Å². The second-order valence-corrected chi connectivity index (χ2v) is 8.08. The summed E-state index contributed by atoms with van der Waals surface area (Å²) >= 11 is 0. The number of carboxylic acid groups (broad SMARTS) is 1. The highest BCUT2D eigenvalue weighted by Crippen LogP contribution is 2.43. The average Bonchev–Trinajstić information content (AvgIpc) is 3.01. The minimum absolute atomic E-state index is 0.0668. The molecule has 1 aromatic rings. The molecule has 2 heterocycles. The smallest absolute Gasteiger partial charge is 0.407 e. The lowest BCUT2D eigenvalue weighted by molar-refractivity contribution is 0.138. The van der Waals surface area contributed by atoms with Gasteiger partial charge in [0.15, 0.2) is 0 Å². The first-order valence-electron chi connectivity index (χ1n) is 8.32. The van der Waals surface area contributed by atoms with Gasteiger partial charge in [0.1, 0.15) is 0 Å². The molecule has 5 heteroatoms. The van der Waals surface area contributed by atoms with Gasteiger partial charge in [0.25, 0.3) is 0 Å². The van der Waals surface area contributed by atoms with Crippen molar-refractivity contribution in [3.63, 3.8) is 0 Å². The summed E-state index contributed by atoms with van der Waals surface area (Å²) in [7, 11) is 0. The molecule has 0 unspecified atom stereocenters. The molecule has 5 nitrogen and oxygen atoms in total. The number of carbonyl (C=O) groups is 1. The largest absolute Gasteiger partial charge is 0.465 e. The van der Waals surface area contributed by atoms with E-state index in [4.69, 9.17) is 5.10 Å². The first-order chi connectivity index (χ1) is 10.2. The van der Waals surface area contributed by atoms with E-state index >= 15 is 0 Å². The topological polar surface area (TPSA) is 58.4 Å². The number of aromatic nitrogens is 2. The monoisotopic (exact) mass is 305 g/mol. The third-order valence-electron chi connectivity index (χ3n) is 5.24. The van der Waals surface area contributed by atoms with Gasteiger partial charge in [0.2, 0.25) is 0 Å². The van der Waals surface area contributed by atoms with E-state index in [0.29, 0.717) is 13.1 Å². The minimum Gasteiger partial charge on any atom is -0.465 e. The molecular weight excluding hydrogens is 278 g/mol. The van der Waals surface area contributed by atoms with Crippen LogP contribution in [0.2, 0.25) is 0 Å². The number of hydrogen-bond acceptors (Lipinski definition) is 2. The standard InChI is InChI=1S/C17H27N3O2/c1-16(2,3)20-13-7-10-19(15(21)22)11-12(13)14(18-20)17(4)8-5-6-9-17/h5-11H2,1-4H3,(H,21,22). The number of rotatable bonds is 1. The minimum atomic E-state index is -0.823. The fraction of sp³-hybridized carbons (Fsp3) is 0.765. The van der Waals surface area contributed by atoms with Crippen LogP contribution in [-0.2, 0) is 23.9 Å². The number of amides is 1. The van der Waals surface area contributed by atoms with E-state index < -0.39 is 6.09 Å². The molecule has 122 valence electrons. The summed E-state index contributed by atoms with van der Waals surface area (Å²) in [6, 6.07) is 0. The van der Waals surface area contributed by atoms with Crippen molar-refractivity contribution in [1.29, 1.82) is 0 Å². The highest BCUT2D eigenvalue weighted by molar-refractivity contribution is 5.65. The molecule has 1 aliphatic carbocycles. The molecule has 0 aromatic carbocycles. The maximum absolute atomic E-state index is 11.4. The zero-order chi connectivity index (χ0) is 16.1. The van der Waals surface area contributed by atoms with E-state index in [-0.39, 0.29) is 11.0 Å². The molecule has 0 saturated heterocycles. The lowest BCUT2D eigenvalue weighted by atomic mass is 9.82. The van der Waals surface area contributed by atoms with Crippen LogP contribution in [0.5, 0.6) is 0 Å². The fourth-order valence-electron chi connectivity index (χ4n) is 4.01. The third kappa shape index (κ3) is 2.40. The van der Waals surface area contributed by atoms with Gasteiger partial charge in [-0.3, -0.25) is 4.68 Å². The molecular formula is C17H27N3O2. The van der Waals surface area contributed by atoms with Gasteiger partial charge in [-0.1, -0.05) is 19.8 Å². The maximum Gasteiger partial charge on any atom is 0.407 e. The summed E-state index contributed by atoms with van der Waals surface area (Å²) in [5, 5.41) is 14.4. The summed E-state index contributed by atoms with van der Waals surface area (Å²) in [4.78, 5) is 12.9. The predicted octanol–water partition coefficient (Wildman–Crippen LogP) is 3.51. The fourth-order valence-corrected chi connectivity index (χ4v) is 4.01. The Morgan fingerprint density at radius 3 is 2.45 bits per heavy atom. The maximum atomic E-state index is 11.4. The first kappa shape index (κ1) is 15.4. The lowest BCUT2D eigenvalue weighted by Gasteiger charge is -2.29. The summed E-state index contributed by atoms with van der Waals surface area (Å²) in [5.41, 5.74) is 3.62. The molecule has 1 N–H and O–H groups in total. The molecule has 0 radical (unpaired) electrons. The molecule has 1 aromatic heterocycles. The summed E-state index contributed by atoms with van der Waals surface area (Å²) in [6.07, 6.45) is 4.76. The SMILES string of the molecule is CC1(c2nn(C(C)(C)C)c3c2CN(C(=O)O)CC3)CCCC1. The lowest BCUT2D eigenvalue weighted by Crippen LogP contribution is -2.37. The highest BCUT2D eigenvalue weighted by Gasteiger charge is 2.40. The quantitative estimate of drug-likeness (QED) is 0.864. The van der Waals surface area contributed by atoms with Crippen LogP contribution in [0.25, 0.3) is 0 Å². The van der Waals surface area contributed by atoms with Crippen molar-refractivity contribution in [2.45, 2.75) is 77.3 Å². The predicted molar refractivity (Wildman–Crippen MR) is 85.2 cm³/mol. The van der Waals surface area contributed by atoms with Gasteiger partial charge in [-0.2, -0.15) is 5.10 Å². The van der Waals surface area contributed by atoms with Crippen LogP contribution < -0.4 is 0 Å². The Kier molecular flexibility index (Phi) is 3.49. The van der Waals surface area contributed by atoms with Gasteiger partial charge in [0, 0.05) is 29.6 Å². The zero-order valence-electron chi connectivity index (χ0n) is 14.1. The average molecular weight is 305 g/mol. The Labute approximate surface area is 132 Å². The highest BCUT2D eigenvalue weighted by atomic mass is 16.4. The molecule has 0 atom stereocenters. The van der Waals surface area contributed by atoms with Gasteiger partial charge in [-0.15, -0.1) is 0 Å². The molecule has 3 rings (SSSR count). The summed E-state index contributed by atoms with van der Waals surface area (Å²) in [5.74, 6) is 0. The van der Waals surface area contributed by atoms with Crippen molar-refractivity contribution >= 4 is 6.09 Å². The van der Waals surface area contributed by atoms with Gasteiger partial charge in [0.05, 0.1) is 17.8 Å². The van der Waals surface area contributed by atoms with E-state index in [1.54, 1.807) is 0 Å². The molecule has 0 bridgehead atoms. The van der Waals surface area contributed by atoms with Crippen molar-refractivity contribution in [3.8, 4) is 0 Å². The van der Waals surface area contributed by atoms with Crippen LogP contribution in [0.1, 0.15) is 70.3 Å². The first-order valence-corrected chi connectivity index (χ1v) is 8.32. The van der Waals surface area contributed by atoms with Crippen LogP contribution >= 0.6 is 0 Å². The molecule has 2 aliphatic rings. The number of fused-ring (bicyclic) bond motifs is 1. The van der Waals surface area contributed by atoms with E-state index in [0.717, 1.165) is 25.0 Å². The van der Waals surface area contributed by atoms with Crippen molar-refractivity contribution in [2.75, 3.05) is 6.54 Å². The van der Waals surface area contributed by atoms with Gasteiger partial charge in [-0.25, -0.2) is 4.79 Å². The Bertz CT molecular complexity index is 592. The van der Waals surface area contributed by atoms with Gasteiger partial charge in [-0.05, 0) is 33.6 Å². The van der Waals surface area contributed by atoms with Crippen molar-refractivity contribution < 1.29 is 9.90 Å². The molecule has 1 aliphatic heterocycles. The van der Waals surface area contributed by atoms with Crippen LogP contribution in [-0.4, -0.2) is 32.4 Å². The molecule has 0 spiro atoms. The van der Waals surface area contributed by atoms with Crippen molar-refractivity contribution in [3.05, 3.63) is 17.0 Å². The Hall–Kier alpha value is -1.52. The second-order valence-electron chi connectivity index (χ2n) is 8.08. The van der Waals surface area contributed by atoms with Crippen LogP contribution in [0, 0.1) is 0 Å². The van der Waals surface area contributed by atoms with E-state index in [1.165, 1.54) is 29.0 Å². The van der Waals surface area contributed by atoms with E-state index in [2.05, 4.69) is 32.4 Å². The Balaban J connectivity index is 2.10. The molecule has 1 saturated carbocycles. The van der Waals surface area contributed by atoms with Gasteiger partial charge >= 0.3 is 6.09 Å². The normalized spacial score (nSPS) is 21.0. The van der Waals surface area contributed by atoms with E-state index in [9.17, 15) is 9.90 Å². The summed E-state index contributed by atoms with van der Waals surface area (Å²) < 4.78 is 2.15. The second kappa shape index (κ2) is 5.00. The Morgan fingerprint density at radius 2 is 1.91 bits per heavy atom. The van der Waals surface area contributed by atoms with Crippen LogP contribution in [0.3, 0.4) is 0 Å². The van der Waals surface area contributed by atoms with E-state index in [1.807, 2.05) is 0 Å². The molecule has 1 amide bonds. The Morgan fingerprint density at radius 1 is 1.27 bits per heavy atom. The molecule has 22 heavy (non-hydrogen) atoms. The molecule has 1 fully saturated rings. The number of nitrogens with zero attached hydrogens (tertiary/aromatic N) is 3. The summed E-state index contributed by atoms with van der Waals surface area (Å²) in [6.45, 7) is 9.88. The van der Waals surface area contributed by atoms with Crippen molar-refractivity contribution in [1.82, 2.24) is 14.7 Å². The van der Waals surface area contributed by atoms with Crippen LogP contribution in [0.15, 0.2) is 0 Å². The number of hydrogen-bond donors (Lipinski definition) is 1. The third-order valence-corrected chi connectivity index (χ3v) is 5.24. The van der Waals surface area contributed by atoms with Gasteiger partial charge < -0.3 is 10.0 Å².